The maximum Gasteiger partial charge on any atom is 0.430 e. The van der Waals surface area contributed by atoms with E-state index in [1.807, 2.05) is 0 Å². The van der Waals surface area contributed by atoms with Crippen LogP contribution < -0.4 is 11.1 Å². The first-order chi connectivity index (χ1) is 12.8. The maximum atomic E-state index is 12.6. The third-order valence-electron chi connectivity index (χ3n) is 3.82. The first kappa shape index (κ1) is 18.6. The fourth-order valence-electron chi connectivity index (χ4n) is 2.23. The summed E-state index contributed by atoms with van der Waals surface area (Å²) in [4.78, 5) is 24.2. The lowest BCUT2D eigenvalue weighted by Gasteiger charge is -2.08. The van der Waals surface area contributed by atoms with E-state index in [-0.39, 0.29) is 23.4 Å². The van der Waals surface area contributed by atoms with Crippen molar-refractivity contribution in [1.82, 2.24) is 9.97 Å². The molecule has 0 aliphatic heterocycles. The summed E-state index contributed by atoms with van der Waals surface area (Å²) in [6.45, 7) is 0. The number of pyridine rings is 2. The summed E-state index contributed by atoms with van der Waals surface area (Å²) in [6.07, 6.45) is 2.19. The molecule has 27 heavy (non-hydrogen) atoms. The highest BCUT2D eigenvalue weighted by molar-refractivity contribution is 6.04. The summed E-state index contributed by atoms with van der Waals surface area (Å²) in [7, 11) is 0. The second-order valence-electron chi connectivity index (χ2n) is 6.00. The van der Waals surface area contributed by atoms with Crippen molar-refractivity contribution in [3.63, 3.8) is 0 Å². The lowest BCUT2D eigenvalue weighted by atomic mass is 10.2. The molecule has 0 unspecified atom stereocenters. The average molecular weight is 375 g/mol. The summed E-state index contributed by atoms with van der Waals surface area (Å²) in [6, 6.07) is 6.23. The summed E-state index contributed by atoms with van der Waals surface area (Å²) in [5, 5.41) is 2.67. The van der Waals surface area contributed by atoms with Crippen molar-refractivity contribution in [2.24, 2.45) is 16.6 Å². The smallest absolute Gasteiger partial charge is 0.395 e. The van der Waals surface area contributed by atoms with E-state index in [0.29, 0.717) is 11.3 Å². The highest BCUT2D eigenvalue weighted by atomic mass is 19.4. The van der Waals surface area contributed by atoms with Gasteiger partial charge in [-0.3, -0.25) is 9.78 Å². The predicted octanol–water partition coefficient (Wildman–Crippen LogP) is 3.62. The van der Waals surface area contributed by atoms with Crippen molar-refractivity contribution < 1.29 is 18.0 Å². The number of alkyl halides is 3. The van der Waals surface area contributed by atoms with Gasteiger partial charge >= 0.3 is 6.18 Å². The summed E-state index contributed by atoms with van der Waals surface area (Å²) in [5.41, 5.74) is 5.04. The third kappa shape index (κ3) is 5.13. The number of carbonyl (C=O) groups is 1. The Bertz CT molecular complexity index is 872. The molecule has 140 valence electrons. The van der Waals surface area contributed by atoms with Crippen LogP contribution in [0.1, 0.15) is 23.2 Å². The van der Waals surface area contributed by atoms with E-state index in [1.54, 1.807) is 18.2 Å². The van der Waals surface area contributed by atoms with Crippen LogP contribution in [-0.2, 0) is 0 Å². The Morgan fingerprint density at radius 1 is 1.22 bits per heavy atom. The van der Waals surface area contributed by atoms with E-state index in [9.17, 15) is 18.0 Å². The largest absolute Gasteiger partial charge is 0.430 e. The summed E-state index contributed by atoms with van der Waals surface area (Å²) in [5.74, 6) is -0.126. The first-order valence-corrected chi connectivity index (χ1v) is 8.13. The summed E-state index contributed by atoms with van der Waals surface area (Å²) < 4.78 is 37.9. The standard InChI is InChI=1S/C18H16F3N5O/c19-18(20,21)15(22)9-14(11-1-2-11)26-16-4-3-13(10-24-16)25-17(27)12-5-7-23-8-6-12/h3-11H,1-2,22H2,(H,25,27). The zero-order valence-electron chi connectivity index (χ0n) is 14.1. The third-order valence-corrected chi connectivity index (χ3v) is 3.82. The Morgan fingerprint density at radius 3 is 2.48 bits per heavy atom. The molecular formula is C18H16F3N5O. The van der Waals surface area contributed by atoms with Gasteiger partial charge in [0, 0.05) is 29.6 Å². The Kier molecular flexibility index (Phi) is 5.20. The van der Waals surface area contributed by atoms with Crippen molar-refractivity contribution in [1.29, 1.82) is 0 Å². The van der Waals surface area contributed by atoms with Crippen LogP contribution in [0, 0.1) is 5.92 Å². The number of aliphatic imine (C=N–C) groups is 1. The SMILES string of the molecule is NC(=CC(=Nc1ccc(NC(=O)c2ccncc2)cn1)C1CC1)C(F)(F)F. The fraction of sp³-hybridized carbons (Fsp3) is 0.222. The molecule has 1 aliphatic carbocycles. The van der Waals surface area contributed by atoms with Crippen molar-refractivity contribution in [3.8, 4) is 0 Å². The minimum absolute atomic E-state index is 0.0428. The molecule has 9 heteroatoms. The number of hydrogen-bond acceptors (Lipinski definition) is 5. The number of hydrogen-bond donors (Lipinski definition) is 2. The Balaban J connectivity index is 1.74. The lowest BCUT2D eigenvalue weighted by molar-refractivity contribution is -0.0925. The van der Waals surface area contributed by atoms with Crippen LogP contribution >= 0.6 is 0 Å². The van der Waals surface area contributed by atoms with Gasteiger partial charge in [-0.1, -0.05) is 0 Å². The molecule has 2 aromatic rings. The predicted molar refractivity (Wildman–Crippen MR) is 94.6 cm³/mol. The van der Waals surface area contributed by atoms with Gasteiger partial charge in [0.1, 0.15) is 5.70 Å². The molecule has 1 amide bonds. The Hall–Kier alpha value is -3.23. The van der Waals surface area contributed by atoms with Gasteiger partial charge in [0.05, 0.1) is 11.9 Å². The highest BCUT2D eigenvalue weighted by Gasteiger charge is 2.34. The molecule has 0 bridgehead atoms. The molecular weight excluding hydrogens is 359 g/mol. The van der Waals surface area contributed by atoms with Crippen LogP contribution in [0.3, 0.4) is 0 Å². The zero-order valence-corrected chi connectivity index (χ0v) is 14.1. The minimum atomic E-state index is -4.59. The van der Waals surface area contributed by atoms with Gasteiger partial charge < -0.3 is 11.1 Å². The maximum absolute atomic E-state index is 12.6. The van der Waals surface area contributed by atoms with Gasteiger partial charge in [-0.05, 0) is 43.2 Å². The monoisotopic (exact) mass is 375 g/mol. The number of anilines is 1. The molecule has 2 heterocycles. The number of carbonyl (C=O) groups excluding carboxylic acids is 1. The molecule has 1 saturated carbocycles. The Morgan fingerprint density at radius 2 is 1.93 bits per heavy atom. The fourth-order valence-corrected chi connectivity index (χ4v) is 2.23. The second kappa shape index (κ2) is 7.56. The number of allylic oxidation sites excluding steroid dienone is 2. The molecule has 3 rings (SSSR count). The van der Waals surface area contributed by atoms with Crippen LogP contribution in [0.2, 0.25) is 0 Å². The van der Waals surface area contributed by atoms with E-state index in [1.165, 1.54) is 24.7 Å². The first-order valence-electron chi connectivity index (χ1n) is 8.13. The van der Waals surface area contributed by atoms with E-state index >= 15 is 0 Å². The zero-order chi connectivity index (χ0) is 19.4. The minimum Gasteiger partial charge on any atom is -0.395 e. The van der Waals surface area contributed by atoms with Crippen LogP contribution in [0.5, 0.6) is 0 Å². The van der Waals surface area contributed by atoms with E-state index < -0.39 is 11.9 Å². The van der Waals surface area contributed by atoms with Crippen LogP contribution in [0.25, 0.3) is 0 Å². The summed E-state index contributed by atoms with van der Waals surface area (Å²) >= 11 is 0. The number of amides is 1. The molecule has 2 aromatic heterocycles. The van der Waals surface area contributed by atoms with Gasteiger partial charge in [-0.2, -0.15) is 13.2 Å². The Labute approximate surface area is 153 Å². The normalized spacial score (nSPS) is 15.5. The molecule has 1 fully saturated rings. The van der Waals surface area contributed by atoms with Crippen LogP contribution in [0.15, 0.2) is 59.6 Å². The van der Waals surface area contributed by atoms with Crippen LogP contribution in [0.4, 0.5) is 24.7 Å². The van der Waals surface area contributed by atoms with Gasteiger partial charge in [-0.15, -0.1) is 0 Å². The molecule has 6 nitrogen and oxygen atoms in total. The number of rotatable bonds is 5. The van der Waals surface area contributed by atoms with Crippen molar-refractivity contribution >= 4 is 23.1 Å². The molecule has 0 saturated heterocycles. The van der Waals surface area contributed by atoms with E-state index in [0.717, 1.165) is 18.9 Å². The molecule has 3 N–H and O–H groups in total. The quantitative estimate of drug-likeness (QED) is 0.781. The number of aromatic nitrogens is 2. The van der Waals surface area contributed by atoms with Gasteiger partial charge in [0.2, 0.25) is 0 Å². The molecule has 0 aromatic carbocycles. The topological polar surface area (TPSA) is 93.3 Å². The molecule has 1 aliphatic rings. The number of nitrogens with two attached hydrogens (primary N) is 1. The second-order valence-corrected chi connectivity index (χ2v) is 6.00. The van der Waals surface area contributed by atoms with E-state index in [4.69, 9.17) is 5.73 Å². The molecule has 0 spiro atoms. The number of nitrogens with zero attached hydrogens (tertiary/aromatic N) is 3. The van der Waals surface area contributed by atoms with Crippen molar-refractivity contribution in [3.05, 3.63) is 60.2 Å². The molecule has 0 radical (unpaired) electrons. The van der Waals surface area contributed by atoms with Gasteiger partial charge in [0.25, 0.3) is 5.91 Å². The van der Waals surface area contributed by atoms with Gasteiger partial charge in [0.15, 0.2) is 5.82 Å². The van der Waals surface area contributed by atoms with Gasteiger partial charge in [-0.25, -0.2) is 9.98 Å². The number of halogens is 3. The average Bonchev–Trinajstić information content (AvgIpc) is 3.47. The lowest BCUT2D eigenvalue weighted by Crippen LogP contribution is -2.21. The number of nitrogens with one attached hydrogen (secondary N) is 1. The highest BCUT2D eigenvalue weighted by Crippen LogP contribution is 2.34. The van der Waals surface area contributed by atoms with Crippen molar-refractivity contribution in [2.45, 2.75) is 19.0 Å². The van der Waals surface area contributed by atoms with E-state index in [2.05, 4.69) is 20.3 Å². The molecule has 0 atom stereocenters. The van der Waals surface area contributed by atoms with Crippen molar-refractivity contribution in [2.75, 3.05) is 5.32 Å². The van der Waals surface area contributed by atoms with Crippen LogP contribution in [-0.4, -0.2) is 27.8 Å².